The van der Waals surface area contributed by atoms with Gasteiger partial charge in [0.25, 0.3) is 5.91 Å². The summed E-state index contributed by atoms with van der Waals surface area (Å²) in [5.74, 6) is 0.617. The zero-order chi connectivity index (χ0) is 17.9. The number of rotatable bonds is 6. The Balaban J connectivity index is 1.51. The van der Waals surface area contributed by atoms with Gasteiger partial charge in [0.1, 0.15) is 5.54 Å². The molecule has 1 unspecified atom stereocenters. The lowest BCUT2D eigenvalue weighted by molar-refractivity contribution is -0.125. The van der Waals surface area contributed by atoms with E-state index in [2.05, 4.69) is 37.7 Å². The molecule has 136 valence electrons. The van der Waals surface area contributed by atoms with Crippen molar-refractivity contribution in [2.24, 2.45) is 5.92 Å². The van der Waals surface area contributed by atoms with Gasteiger partial charge in [-0.25, -0.2) is 14.8 Å². The van der Waals surface area contributed by atoms with Crippen LogP contribution < -0.4 is 16.0 Å². The average molecular weight is 346 g/mol. The van der Waals surface area contributed by atoms with E-state index in [-0.39, 0.29) is 17.9 Å². The van der Waals surface area contributed by atoms with Crippen molar-refractivity contribution in [2.45, 2.75) is 45.2 Å². The Hall–Kier alpha value is -2.22. The number of piperidine rings is 1. The molecule has 0 bridgehead atoms. The highest BCUT2D eigenvalue weighted by atomic mass is 16.2. The number of nitrogens with zero attached hydrogens (tertiary/aromatic N) is 3. The fourth-order valence-electron chi connectivity index (χ4n) is 3.54. The first-order chi connectivity index (χ1) is 12.0. The third-order valence-electron chi connectivity index (χ3n) is 5.12. The minimum absolute atomic E-state index is 0.159. The van der Waals surface area contributed by atoms with E-state index in [4.69, 9.17) is 0 Å². The van der Waals surface area contributed by atoms with E-state index in [0.29, 0.717) is 5.95 Å². The van der Waals surface area contributed by atoms with Gasteiger partial charge in [-0.15, -0.1) is 0 Å². The number of nitrogens with one attached hydrogen (secondary N) is 3. The van der Waals surface area contributed by atoms with Crippen LogP contribution in [0.4, 0.5) is 10.7 Å². The molecule has 3 rings (SSSR count). The van der Waals surface area contributed by atoms with Crippen LogP contribution in [0, 0.1) is 5.92 Å². The summed E-state index contributed by atoms with van der Waals surface area (Å²) in [6.45, 7) is 7.37. The molecule has 0 radical (unpaired) electrons. The molecule has 1 aromatic rings. The summed E-state index contributed by atoms with van der Waals surface area (Å²) in [5, 5.41) is 8.31. The van der Waals surface area contributed by atoms with Gasteiger partial charge < -0.3 is 10.6 Å². The standard InChI is InChI=1S/C17H26N6O2/c1-3-6-18-15-19-9-12(10-20-15)11-23-7-4-13(5-8-23)17(2)14(24)21-16(25)22-17/h9-10,13H,3-8,11H2,1-2H3,(H,18,19,20)(H2,21,22,24,25). The number of aromatic nitrogens is 2. The van der Waals surface area contributed by atoms with Gasteiger partial charge >= 0.3 is 6.03 Å². The number of imide groups is 1. The monoisotopic (exact) mass is 346 g/mol. The molecule has 1 aromatic heterocycles. The summed E-state index contributed by atoms with van der Waals surface area (Å²) in [7, 11) is 0. The van der Waals surface area contributed by atoms with Gasteiger partial charge in [0.2, 0.25) is 5.95 Å². The number of carbonyl (C=O) groups excluding carboxylic acids is 2. The van der Waals surface area contributed by atoms with E-state index in [1.807, 2.05) is 19.3 Å². The van der Waals surface area contributed by atoms with Gasteiger partial charge in [-0.3, -0.25) is 15.0 Å². The molecule has 1 atom stereocenters. The first kappa shape index (κ1) is 17.6. The molecule has 3 N–H and O–H groups in total. The second-order valence-electron chi connectivity index (χ2n) is 7.00. The summed E-state index contributed by atoms with van der Waals surface area (Å²) in [4.78, 5) is 34.5. The van der Waals surface area contributed by atoms with Crippen LogP contribution in [0.3, 0.4) is 0 Å². The Labute approximate surface area is 147 Å². The summed E-state index contributed by atoms with van der Waals surface area (Å²) in [6.07, 6.45) is 6.52. The Morgan fingerprint density at radius 1 is 1.28 bits per heavy atom. The molecule has 0 aliphatic carbocycles. The van der Waals surface area contributed by atoms with E-state index in [0.717, 1.165) is 51.0 Å². The van der Waals surface area contributed by atoms with Crippen LogP contribution in [0.15, 0.2) is 12.4 Å². The van der Waals surface area contributed by atoms with Crippen molar-refractivity contribution < 1.29 is 9.59 Å². The highest BCUT2D eigenvalue weighted by Gasteiger charge is 2.48. The van der Waals surface area contributed by atoms with E-state index in [1.165, 1.54) is 0 Å². The van der Waals surface area contributed by atoms with Crippen LogP contribution in [0.25, 0.3) is 0 Å². The Morgan fingerprint density at radius 2 is 1.96 bits per heavy atom. The maximum Gasteiger partial charge on any atom is 0.322 e. The van der Waals surface area contributed by atoms with Crippen LogP contribution in [0.5, 0.6) is 0 Å². The van der Waals surface area contributed by atoms with Crippen LogP contribution in [-0.2, 0) is 11.3 Å². The van der Waals surface area contributed by atoms with Crippen LogP contribution in [-0.4, -0.2) is 52.0 Å². The highest BCUT2D eigenvalue weighted by molar-refractivity contribution is 6.06. The minimum Gasteiger partial charge on any atom is -0.354 e. The van der Waals surface area contributed by atoms with Crippen molar-refractivity contribution in [3.05, 3.63) is 18.0 Å². The molecule has 0 aromatic carbocycles. The molecule has 3 heterocycles. The lowest BCUT2D eigenvalue weighted by Gasteiger charge is -2.38. The molecular formula is C17H26N6O2. The maximum absolute atomic E-state index is 12.1. The SMILES string of the molecule is CCCNc1ncc(CN2CCC(C3(C)NC(=O)NC3=O)CC2)cn1. The van der Waals surface area contributed by atoms with Crippen molar-refractivity contribution in [1.82, 2.24) is 25.5 Å². The molecule has 0 saturated carbocycles. The van der Waals surface area contributed by atoms with Crippen molar-refractivity contribution >= 4 is 17.9 Å². The molecule has 2 aliphatic rings. The van der Waals surface area contributed by atoms with E-state index < -0.39 is 5.54 Å². The molecule has 2 aliphatic heterocycles. The van der Waals surface area contributed by atoms with E-state index >= 15 is 0 Å². The molecule has 0 spiro atoms. The zero-order valence-corrected chi connectivity index (χ0v) is 14.8. The molecule has 3 amide bonds. The average Bonchev–Trinajstić information content (AvgIpc) is 2.88. The van der Waals surface area contributed by atoms with E-state index in [1.54, 1.807) is 0 Å². The lowest BCUT2D eigenvalue weighted by Crippen LogP contribution is -2.53. The number of likely N-dealkylation sites (tertiary alicyclic amines) is 1. The van der Waals surface area contributed by atoms with Crippen molar-refractivity contribution in [2.75, 3.05) is 25.0 Å². The first-order valence-electron chi connectivity index (χ1n) is 8.92. The van der Waals surface area contributed by atoms with Gasteiger partial charge in [0.15, 0.2) is 0 Å². The number of urea groups is 1. The van der Waals surface area contributed by atoms with Gasteiger partial charge in [-0.2, -0.15) is 0 Å². The molecule has 2 fully saturated rings. The Bertz CT molecular complexity index is 627. The molecule has 8 heteroatoms. The zero-order valence-electron chi connectivity index (χ0n) is 14.8. The molecule has 2 saturated heterocycles. The lowest BCUT2D eigenvalue weighted by atomic mass is 9.79. The fourth-order valence-corrected chi connectivity index (χ4v) is 3.54. The topological polar surface area (TPSA) is 99.3 Å². The Morgan fingerprint density at radius 3 is 2.52 bits per heavy atom. The van der Waals surface area contributed by atoms with E-state index in [9.17, 15) is 9.59 Å². The molecule has 25 heavy (non-hydrogen) atoms. The third kappa shape index (κ3) is 3.89. The van der Waals surface area contributed by atoms with Crippen molar-refractivity contribution in [3.63, 3.8) is 0 Å². The van der Waals surface area contributed by atoms with Crippen molar-refractivity contribution in [3.8, 4) is 0 Å². The summed E-state index contributed by atoms with van der Waals surface area (Å²) in [6, 6.07) is -0.385. The first-order valence-corrected chi connectivity index (χ1v) is 8.92. The predicted octanol–water partition coefficient (Wildman–Crippen LogP) is 1.11. The van der Waals surface area contributed by atoms with Crippen LogP contribution >= 0.6 is 0 Å². The highest BCUT2D eigenvalue weighted by Crippen LogP contribution is 2.31. The summed E-state index contributed by atoms with van der Waals surface area (Å²) in [5.41, 5.74) is 0.303. The molecular weight excluding hydrogens is 320 g/mol. The smallest absolute Gasteiger partial charge is 0.322 e. The summed E-state index contributed by atoms with van der Waals surface area (Å²) >= 11 is 0. The predicted molar refractivity (Wildman–Crippen MR) is 93.9 cm³/mol. The van der Waals surface area contributed by atoms with Gasteiger partial charge in [-0.05, 0) is 45.2 Å². The largest absolute Gasteiger partial charge is 0.354 e. The van der Waals surface area contributed by atoms with Crippen LogP contribution in [0.1, 0.15) is 38.7 Å². The van der Waals surface area contributed by atoms with Gasteiger partial charge in [-0.1, -0.05) is 6.92 Å². The fraction of sp³-hybridized carbons (Fsp3) is 0.647. The second kappa shape index (κ2) is 7.35. The molecule has 8 nitrogen and oxygen atoms in total. The third-order valence-corrected chi connectivity index (χ3v) is 5.12. The van der Waals surface area contributed by atoms with Crippen molar-refractivity contribution in [1.29, 1.82) is 0 Å². The number of amides is 3. The number of anilines is 1. The number of hydrogen-bond donors (Lipinski definition) is 3. The quantitative estimate of drug-likeness (QED) is 0.667. The number of hydrogen-bond acceptors (Lipinski definition) is 6. The minimum atomic E-state index is -0.779. The Kier molecular flexibility index (Phi) is 5.17. The normalized spacial score (nSPS) is 24.9. The number of carbonyl (C=O) groups is 2. The van der Waals surface area contributed by atoms with Gasteiger partial charge in [0.05, 0.1) is 0 Å². The summed E-state index contributed by atoms with van der Waals surface area (Å²) < 4.78 is 0. The second-order valence-corrected chi connectivity index (χ2v) is 7.00. The van der Waals surface area contributed by atoms with Crippen LogP contribution in [0.2, 0.25) is 0 Å². The maximum atomic E-state index is 12.1. The van der Waals surface area contributed by atoms with Gasteiger partial charge in [0, 0.05) is 31.0 Å².